The number of hydrogen-bond donors (Lipinski definition) is 0. The molecule has 88 valence electrons. The van der Waals surface area contributed by atoms with Gasteiger partial charge in [0.15, 0.2) is 0 Å². The highest BCUT2D eigenvalue weighted by molar-refractivity contribution is 5.79. The maximum atomic E-state index is 4.31. The summed E-state index contributed by atoms with van der Waals surface area (Å²) in [5.74, 6) is 7.06. The first-order valence-electron chi connectivity index (χ1n) is 6.45. The smallest absolute Gasteiger partial charge is 0.0702 e. The van der Waals surface area contributed by atoms with Crippen LogP contribution < -0.4 is 0 Å². The molecule has 0 fully saturated rings. The molecular formula is C17H15N. The van der Waals surface area contributed by atoms with Crippen LogP contribution in [-0.4, -0.2) is 4.98 Å². The quantitative estimate of drug-likeness (QED) is 0.496. The third-order valence-electron chi connectivity index (χ3n) is 3.26. The Bertz CT molecular complexity index is 643. The molecule has 1 nitrogen and oxygen atoms in total. The number of benzene rings is 1. The lowest BCUT2D eigenvalue weighted by Crippen LogP contribution is -1.96. The molecule has 1 heteroatoms. The lowest BCUT2D eigenvalue weighted by atomic mass is 9.96. The van der Waals surface area contributed by atoms with Crippen molar-refractivity contribution < 1.29 is 0 Å². The van der Waals surface area contributed by atoms with E-state index < -0.39 is 0 Å². The van der Waals surface area contributed by atoms with Crippen LogP contribution in [-0.2, 0) is 0 Å². The van der Waals surface area contributed by atoms with Gasteiger partial charge in [0.25, 0.3) is 0 Å². The van der Waals surface area contributed by atoms with Gasteiger partial charge < -0.3 is 0 Å². The molecule has 2 aromatic rings. The Hall–Kier alpha value is -2.07. The third-order valence-corrected chi connectivity index (χ3v) is 3.26. The van der Waals surface area contributed by atoms with E-state index in [1.165, 1.54) is 19.3 Å². The van der Waals surface area contributed by atoms with E-state index in [9.17, 15) is 0 Å². The van der Waals surface area contributed by atoms with Crippen molar-refractivity contribution >= 4 is 10.9 Å². The average molecular weight is 233 g/mol. The summed E-state index contributed by atoms with van der Waals surface area (Å²) in [7, 11) is 0. The van der Waals surface area contributed by atoms with Gasteiger partial charge in [0.2, 0.25) is 0 Å². The molecule has 18 heavy (non-hydrogen) atoms. The molecule has 0 aliphatic heterocycles. The summed E-state index contributed by atoms with van der Waals surface area (Å²) in [5.41, 5.74) is 2.11. The summed E-state index contributed by atoms with van der Waals surface area (Å²) in [6, 6.07) is 10.2. The first-order valence-corrected chi connectivity index (χ1v) is 6.45. The van der Waals surface area contributed by atoms with Gasteiger partial charge >= 0.3 is 0 Å². The molecule has 0 bridgehead atoms. The summed E-state index contributed by atoms with van der Waals surface area (Å²) in [6.07, 6.45) is 9.96. The van der Waals surface area contributed by atoms with Crippen molar-refractivity contribution in [2.24, 2.45) is 5.92 Å². The van der Waals surface area contributed by atoms with Crippen LogP contribution in [0.3, 0.4) is 0 Å². The number of fused-ring (bicyclic) bond motifs is 1. The number of nitrogens with zero attached hydrogens (tertiary/aromatic N) is 1. The highest BCUT2D eigenvalue weighted by atomic mass is 14.6. The number of hydrogen-bond acceptors (Lipinski definition) is 1. The zero-order valence-electron chi connectivity index (χ0n) is 10.3. The van der Waals surface area contributed by atoms with Crippen molar-refractivity contribution in [2.75, 3.05) is 0 Å². The molecule has 1 aromatic carbocycles. The molecule has 1 aliphatic carbocycles. The average Bonchev–Trinajstić information content (AvgIpc) is 2.46. The molecule has 3 rings (SSSR count). The van der Waals surface area contributed by atoms with Crippen LogP contribution in [0.15, 0.2) is 48.7 Å². The Labute approximate surface area is 108 Å². The molecule has 1 aliphatic rings. The van der Waals surface area contributed by atoms with Crippen molar-refractivity contribution in [1.29, 1.82) is 0 Å². The van der Waals surface area contributed by atoms with E-state index in [2.05, 4.69) is 47.2 Å². The Balaban J connectivity index is 1.88. The second-order valence-corrected chi connectivity index (χ2v) is 4.65. The maximum absolute atomic E-state index is 4.31. The van der Waals surface area contributed by atoms with Crippen molar-refractivity contribution in [1.82, 2.24) is 4.98 Å². The summed E-state index contributed by atoms with van der Waals surface area (Å²) in [4.78, 5) is 4.31. The largest absolute Gasteiger partial charge is 0.256 e. The Morgan fingerprint density at radius 1 is 1.22 bits per heavy atom. The van der Waals surface area contributed by atoms with Gasteiger partial charge in [-0.3, -0.25) is 4.98 Å². The molecule has 0 saturated carbocycles. The van der Waals surface area contributed by atoms with Crippen molar-refractivity contribution in [2.45, 2.75) is 19.3 Å². The molecule has 1 atom stereocenters. The minimum absolute atomic E-state index is 0.434. The summed E-state index contributed by atoms with van der Waals surface area (Å²) < 4.78 is 0. The first kappa shape index (κ1) is 11.0. The van der Waals surface area contributed by atoms with Crippen LogP contribution in [0.4, 0.5) is 0 Å². The van der Waals surface area contributed by atoms with E-state index in [0.717, 1.165) is 16.5 Å². The van der Waals surface area contributed by atoms with Crippen LogP contribution in [0.25, 0.3) is 10.9 Å². The molecule has 0 N–H and O–H groups in total. The summed E-state index contributed by atoms with van der Waals surface area (Å²) in [5, 5.41) is 1.16. The fourth-order valence-corrected chi connectivity index (χ4v) is 2.26. The number of aromatic nitrogens is 1. The van der Waals surface area contributed by atoms with E-state index in [1.54, 1.807) is 0 Å². The van der Waals surface area contributed by atoms with Crippen LogP contribution in [0.5, 0.6) is 0 Å². The second-order valence-electron chi connectivity index (χ2n) is 4.65. The Morgan fingerprint density at radius 2 is 2.22 bits per heavy atom. The molecule has 1 aromatic heterocycles. The van der Waals surface area contributed by atoms with Gasteiger partial charge in [-0.1, -0.05) is 30.1 Å². The molecular weight excluding hydrogens is 218 g/mol. The van der Waals surface area contributed by atoms with E-state index in [4.69, 9.17) is 0 Å². The van der Waals surface area contributed by atoms with Crippen molar-refractivity contribution in [3.05, 3.63) is 54.2 Å². The predicted octanol–water partition coefficient (Wildman–Crippen LogP) is 3.94. The topological polar surface area (TPSA) is 12.9 Å². The predicted molar refractivity (Wildman–Crippen MR) is 75.1 cm³/mol. The van der Waals surface area contributed by atoms with Gasteiger partial charge in [-0.15, -0.1) is 0 Å². The zero-order valence-corrected chi connectivity index (χ0v) is 10.3. The third kappa shape index (κ3) is 2.43. The molecule has 0 saturated heterocycles. The lowest BCUT2D eigenvalue weighted by molar-refractivity contribution is 0.645. The normalized spacial score (nSPS) is 18.3. The second kappa shape index (κ2) is 5.06. The Morgan fingerprint density at radius 3 is 3.11 bits per heavy atom. The summed E-state index contributed by atoms with van der Waals surface area (Å²) in [6.45, 7) is 0. The van der Waals surface area contributed by atoms with Crippen LogP contribution in [0.2, 0.25) is 0 Å². The molecule has 0 amide bonds. The minimum Gasteiger partial charge on any atom is -0.256 e. The number of pyridine rings is 1. The minimum atomic E-state index is 0.434. The molecule has 0 radical (unpaired) electrons. The standard InChI is InChI=1S/C17H15N/c1-2-5-14(6-3-1)8-9-15-10-11-17-16(13-15)7-4-12-18-17/h2,4-5,7,10-14H,1,3,6H2. The highest BCUT2D eigenvalue weighted by Gasteiger charge is 2.03. The monoisotopic (exact) mass is 233 g/mol. The fraction of sp³-hybridized carbons (Fsp3) is 0.235. The fourth-order valence-electron chi connectivity index (χ4n) is 2.26. The van der Waals surface area contributed by atoms with Gasteiger partial charge in [0.05, 0.1) is 5.52 Å². The van der Waals surface area contributed by atoms with Crippen LogP contribution in [0, 0.1) is 17.8 Å². The van der Waals surface area contributed by atoms with E-state index in [1.807, 2.05) is 18.3 Å². The van der Waals surface area contributed by atoms with Crippen molar-refractivity contribution in [3.63, 3.8) is 0 Å². The van der Waals surface area contributed by atoms with Crippen LogP contribution >= 0.6 is 0 Å². The van der Waals surface area contributed by atoms with Gasteiger partial charge in [0.1, 0.15) is 0 Å². The highest BCUT2D eigenvalue weighted by Crippen LogP contribution is 2.17. The van der Waals surface area contributed by atoms with Gasteiger partial charge in [-0.05, 0) is 43.5 Å². The summed E-state index contributed by atoms with van der Waals surface area (Å²) >= 11 is 0. The Kier molecular flexibility index (Phi) is 3.10. The van der Waals surface area contributed by atoms with Gasteiger partial charge in [-0.25, -0.2) is 0 Å². The number of rotatable bonds is 0. The van der Waals surface area contributed by atoms with E-state index in [0.29, 0.717) is 5.92 Å². The molecule has 1 heterocycles. The van der Waals surface area contributed by atoms with E-state index in [-0.39, 0.29) is 0 Å². The van der Waals surface area contributed by atoms with Crippen LogP contribution in [0.1, 0.15) is 24.8 Å². The number of allylic oxidation sites excluding steroid dienone is 2. The first-order chi connectivity index (χ1) is 8.92. The van der Waals surface area contributed by atoms with E-state index >= 15 is 0 Å². The maximum Gasteiger partial charge on any atom is 0.0702 e. The van der Waals surface area contributed by atoms with Gasteiger partial charge in [0, 0.05) is 23.1 Å². The molecule has 1 unspecified atom stereocenters. The van der Waals surface area contributed by atoms with Gasteiger partial charge in [-0.2, -0.15) is 0 Å². The SMILES string of the molecule is C(#CC1C=CCCC1)c1ccc2ncccc2c1. The van der Waals surface area contributed by atoms with Crippen molar-refractivity contribution in [3.8, 4) is 11.8 Å². The molecule has 0 spiro atoms. The lowest BCUT2D eigenvalue weighted by Gasteiger charge is -2.08. The zero-order chi connectivity index (χ0) is 12.2.